The third kappa shape index (κ3) is 2.98. The zero-order valence-corrected chi connectivity index (χ0v) is 12.3. The molecule has 0 saturated heterocycles. The maximum Gasteiger partial charge on any atom is 0.335 e. The van der Waals surface area contributed by atoms with E-state index in [1.165, 1.54) is 30.3 Å². The highest BCUT2D eigenvalue weighted by molar-refractivity contribution is 6.43. The Morgan fingerprint density at radius 3 is 2.00 bits per heavy atom. The van der Waals surface area contributed by atoms with E-state index in [4.69, 9.17) is 51.5 Å². The SMILES string of the molecule is O=C(O)c1ccc(Cl)c(-c2c(Cl)cc(Cl)cc2Cl)c1. The Hall–Kier alpha value is -0.930. The van der Waals surface area contributed by atoms with Crippen LogP contribution in [0.4, 0.5) is 0 Å². The maximum absolute atomic E-state index is 11.0. The zero-order chi connectivity index (χ0) is 14.2. The largest absolute Gasteiger partial charge is 0.478 e. The minimum Gasteiger partial charge on any atom is -0.478 e. The van der Waals surface area contributed by atoms with Gasteiger partial charge >= 0.3 is 5.97 Å². The number of carboxylic acids is 1. The summed E-state index contributed by atoms with van der Waals surface area (Å²) in [6, 6.07) is 7.36. The molecule has 0 spiro atoms. The van der Waals surface area contributed by atoms with Crippen LogP contribution in [0.25, 0.3) is 11.1 Å². The fraction of sp³-hybridized carbons (Fsp3) is 0. The van der Waals surface area contributed by atoms with E-state index in [1.807, 2.05) is 0 Å². The lowest BCUT2D eigenvalue weighted by Crippen LogP contribution is -1.96. The van der Waals surface area contributed by atoms with Gasteiger partial charge in [0.25, 0.3) is 0 Å². The van der Waals surface area contributed by atoms with E-state index in [9.17, 15) is 4.79 Å². The molecule has 1 N–H and O–H groups in total. The van der Waals surface area contributed by atoms with Crippen LogP contribution in [-0.2, 0) is 0 Å². The second-order valence-electron chi connectivity index (χ2n) is 3.74. The fourth-order valence-electron chi connectivity index (χ4n) is 1.65. The summed E-state index contributed by atoms with van der Waals surface area (Å²) in [7, 11) is 0. The van der Waals surface area contributed by atoms with Crippen LogP contribution < -0.4 is 0 Å². The smallest absolute Gasteiger partial charge is 0.335 e. The molecule has 0 saturated carbocycles. The molecule has 0 radical (unpaired) electrons. The first-order valence-electron chi connectivity index (χ1n) is 5.08. The predicted octanol–water partition coefficient (Wildman–Crippen LogP) is 5.67. The number of carbonyl (C=O) groups is 1. The number of carboxylic acid groups (broad SMARTS) is 1. The van der Waals surface area contributed by atoms with E-state index in [1.54, 1.807) is 0 Å². The first-order chi connectivity index (χ1) is 8.90. The predicted molar refractivity (Wildman–Crippen MR) is 78.9 cm³/mol. The Bertz CT molecular complexity index is 645. The highest BCUT2D eigenvalue weighted by Gasteiger charge is 2.15. The van der Waals surface area contributed by atoms with Gasteiger partial charge in [-0.25, -0.2) is 4.79 Å². The molecule has 0 aliphatic carbocycles. The first-order valence-corrected chi connectivity index (χ1v) is 6.59. The van der Waals surface area contributed by atoms with Gasteiger partial charge in [-0.1, -0.05) is 46.4 Å². The van der Waals surface area contributed by atoms with Crippen molar-refractivity contribution < 1.29 is 9.90 Å². The third-order valence-corrected chi connectivity index (χ3v) is 3.63. The molecule has 0 aliphatic rings. The molecule has 0 amide bonds. The molecule has 2 aromatic carbocycles. The molecule has 0 heterocycles. The van der Waals surface area contributed by atoms with Crippen LogP contribution in [-0.4, -0.2) is 11.1 Å². The number of hydrogen-bond acceptors (Lipinski definition) is 1. The van der Waals surface area contributed by atoms with Gasteiger partial charge in [-0.15, -0.1) is 0 Å². The van der Waals surface area contributed by atoms with Crippen molar-refractivity contribution in [1.29, 1.82) is 0 Å². The van der Waals surface area contributed by atoms with Crippen molar-refractivity contribution in [3.63, 3.8) is 0 Å². The second-order valence-corrected chi connectivity index (χ2v) is 5.40. The molecule has 0 aromatic heterocycles. The standard InChI is InChI=1S/C13H6Cl4O2/c14-7-4-10(16)12(11(17)5-7)8-3-6(13(18)19)1-2-9(8)15/h1-5H,(H,18,19). The van der Waals surface area contributed by atoms with Crippen LogP contribution in [0, 0.1) is 0 Å². The summed E-state index contributed by atoms with van der Waals surface area (Å²) in [6.45, 7) is 0. The summed E-state index contributed by atoms with van der Waals surface area (Å²) < 4.78 is 0. The molecule has 6 heteroatoms. The van der Waals surface area contributed by atoms with Gasteiger partial charge < -0.3 is 5.11 Å². The monoisotopic (exact) mass is 334 g/mol. The highest BCUT2D eigenvalue weighted by Crippen LogP contribution is 2.40. The Labute approximate surface area is 129 Å². The van der Waals surface area contributed by atoms with Gasteiger partial charge in [0.1, 0.15) is 0 Å². The normalized spacial score (nSPS) is 10.5. The van der Waals surface area contributed by atoms with Crippen molar-refractivity contribution in [2.45, 2.75) is 0 Å². The highest BCUT2D eigenvalue weighted by atomic mass is 35.5. The summed E-state index contributed by atoms with van der Waals surface area (Å²) in [4.78, 5) is 11.0. The number of benzene rings is 2. The van der Waals surface area contributed by atoms with E-state index in [-0.39, 0.29) is 5.56 Å². The van der Waals surface area contributed by atoms with E-state index >= 15 is 0 Å². The lowest BCUT2D eigenvalue weighted by molar-refractivity contribution is 0.0697. The molecule has 98 valence electrons. The van der Waals surface area contributed by atoms with Gasteiger partial charge in [0.05, 0.1) is 15.6 Å². The molecule has 0 aliphatic heterocycles. The van der Waals surface area contributed by atoms with Crippen LogP contribution in [0.3, 0.4) is 0 Å². The maximum atomic E-state index is 11.0. The molecule has 2 rings (SSSR count). The average molecular weight is 336 g/mol. The summed E-state index contributed by atoms with van der Waals surface area (Å²) in [5.74, 6) is -1.06. The summed E-state index contributed by atoms with van der Waals surface area (Å²) in [6.07, 6.45) is 0. The Balaban J connectivity index is 2.71. The number of hydrogen-bond donors (Lipinski definition) is 1. The molecule has 19 heavy (non-hydrogen) atoms. The van der Waals surface area contributed by atoms with Crippen LogP contribution >= 0.6 is 46.4 Å². The van der Waals surface area contributed by atoms with E-state index < -0.39 is 5.97 Å². The zero-order valence-electron chi connectivity index (χ0n) is 9.25. The number of aromatic carboxylic acids is 1. The average Bonchev–Trinajstić information content (AvgIpc) is 2.29. The van der Waals surface area contributed by atoms with Gasteiger partial charge in [-0.3, -0.25) is 0 Å². The van der Waals surface area contributed by atoms with Crippen molar-refractivity contribution in [3.8, 4) is 11.1 Å². The van der Waals surface area contributed by atoms with Gasteiger partial charge in [0.2, 0.25) is 0 Å². The Kier molecular flexibility index (Phi) is 4.26. The molecular formula is C13H6Cl4O2. The molecule has 2 aromatic rings. The lowest BCUT2D eigenvalue weighted by Gasteiger charge is -2.10. The van der Waals surface area contributed by atoms with Crippen molar-refractivity contribution in [3.05, 3.63) is 56.0 Å². The number of rotatable bonds is 2. The van der Waals surface area contributed by atoms with Gasteiger partial charge in [0.15, 0.2) is 0 Å². The third-order valence-electron chi connectivity index (χ3n) is 2.49. The van der Waals surface area contributed by atoms with Crippen LogP contribution in [0.2, 0.25) is 20.1 Å². The lowest BCUT2D eigenvalue weighted by atomic mass is 10.0. The Morgan fingerprint density at radius 2 is 1.47 bits per heavy atom. The van der Waals surface area contributed by atoms with Crippen molar-refractivity contribution in [1.82, 2.24) is 0 Å². The Morgan fingerprint density at radius 1 is 0.895 bits per heavy atom. The van der Waals surface area contributed by atoms with Gasteiger partial charge in [-0.2, -0.15) is 0 Å². The molecule has 0 bridgehead atoms. The molecule has 0 unspecified atom stereocenters. The van der Waals surface area contributed by atoms with Crippen molar-refractivity contribution >= 4 is 52.4 Å². The molecular weight excluding hydrogens is 330 g/mol. The molecule has 0 atom stereocenters. The summed E-state index contributed by atoms with van der Waals surface area (Å²) in [5.41, 5.74) is 1.01. The van der Waals surface area contributed by atoms with Crippen LogP contribution in [0.5, 0.6) is 0 Å². The van der Waals surface area contributed by atoms with Gasteiger partial charge in [0, 0.05) is 21.2 Å². The fourth-order valence-corrected chi connectivity index (χ4v) is 2.88. The molecule has 2 nitrogen and oxygen atoms in total. The summed E-state index contributed by atoms with van der Waals surface area (Å²) in [5, 5.41) is 10.4. The van der Waals surface area contributed by atoms with Crippen LogP contribution in [0.1, 0.15) is 10.4 Å². The quantitative estimate of drug-likeness (QED) is 0.768. The minimum atomic E-state index is -1.06. The van der Waals surface area contributed by atoms with E-state index in [0.29, 0.717) is 31.2 Å². The molecule has 0 fully saturated rings. The number of halogens is 4. The van der Waals surface area contributed by atoms with E-state index in [2.05, 4.69) is 0 Å². The summed E-state index contributed by atoms with van der Waals surface area (Å²) >= 11 is 24.1. The van der Waals surface area contributed by atoms with Crippen molar-refractivity contribution in [2.24, 2.45) is 0 Å². The van der Waals surface area contributed by atoms with E-state index in [0.717, 1.165) is 0 Å². The minimum absolute atomic E-state index is 0.0986. The second kappa shape index (κ2) is 5.59. The first kappa shape index (κ1) is 14.5. The van der Waals surface area contributed by atoms with Crippen LogP contribution in [0.15, 0.2) is 30.3 Å². The van der Waals surface area contributed by atoms with Gasteiger partial charge in [-0.05, 0) is 30.3 Å². The topological polar surface area (TPSA) is 37.3 Å². The van der Waals surface area contributed by atoms with Crippen molar-refractivity contribution in [2.75, 3.05) is 0 Å².